The summed E-state index contributed by atoms with van der Waals surface area (Å²) in [6.07, 6.45) is 0.119. The summed E-state index contributed by atoms with van der Waals surface area (Å²) >= 11 is 2.12. The predicted molar refractivity (Wildman–Crippen MR) is 121 cm³/mol. The van der Waals surface area contributed by atoms with Crippen molar-refractivity contribution in [3.05, 3.63) is 62.9 Å². The summed E-state index contributed by atoms with van der Waals surface area (Å²) in [6, 6.07) is 12.6. The number of carbonyl (C=O) groups is 2. The highest BCUT2D eigenvalue weighted by Crippen LogP contribution is 2.28. The van der Waals surface area contributed by atoms with Crippen molar-refractivity contribution in [1.82, 2.24) is 0 Å². The maximum Gasteiger partial charge on any atom is 0.337 e. The smallest absolute Gasteiger partial charge is 0.337 e. The Labute approximate surface area is 188 Å². The molecule has 1 heterocycles. The Morgan fingerprint density at radius 2 is 1.83 bits per heavy atom. The third-order valence-corrected chi connectivity index (χ3v) is 4.94. The highest BCUT2D eigenvalue weighted by atomic mass is 127. The van der Waals surface area contributed by atoms with E-state index >= 15 is 0 Å². The van der Waals surface area contributed by atoms with Gasteiger partial charge in [-0.1, -0.05) is 18.2 Å². The molecule has 2 aromatic carbocycles. The monoisotopic (exact) mass is 522 g/mol. The van der Waals surface area contributed by atoms with Gasteiger partial charge in [0.05, 0.1) is 22.7 Å². The minimum absolute atomic E-state index is 0.119. The van der Waals surface area contributed by atoms with E-state index in [1.165, 1.54) is 7.11 Å². The number of carbonyl (C=O) groups excluding carboxylic acids is 2. The van der Waals surface area contributed by atoms with Crippen LogP contribution < -0.4 is 4.74 Å². The quantitative estimate of drug-likeness (QED) is 0.324. The van der Waals surface area contributed by atoms with Crippen molar-refractivity contribution in [3.8, 4) is 5.75 Å². The zero-order valence-corrected chi connectivity index (χ0v) is 19.4. The third-order valence-electron chi connectivity index (χ3n) is 4.14. The lowest BCUT2D eigenvalue weighted by molar-refractivity contribution is -0.153. The van der Waals surface area contributed by atoms with E-state index in [-0.39, 0.29) is 19.0 Å². The molecule has 0 fully saturated rings. The fourth-order valence-corrected chi connectivity index (χ4v) is 3.70. The molecule has 0 aliphatic rings. The molecule has 0 N–H and O–H groups in total. The first-order valence-corrected chi connectivity index (χ1v) is 10.5. The molecule has 158 valence electrons. The summed E-state index contributed by atoms with van der Waals surface area (Å²) in [6.45, 7) is 5.69. The van der Waals surface area contributed by atoms with Crippen LogP contribution in [0.25, 0.3) is 11.0 Å². The summed E-state index contributed by atoms with van der Waals surface area (Å²) in [5, 5.41) is 0.794. The summed E-state index contributed by atoms with van der Waals surface area (Å²) in [5.74, 6) is 0.489. The van der Waals surface area contributed by atoms with Crippen molar-refractivity contribution in [1.29, 1.82) is 0 Å². The largest absolute Gasteiger partial charge is 0.485 e. The van der Waals surface area contributed by atoms with Gasteiger partial charge in [-0.15, -0.1) is 0 Å². The SMILES string of the molecule is COC(=O)c1cc(I)c2oc(COc3ccccc3CC(=O)OC(C)(C)C)cc2c1. The molecule has 0 saturated heterocycles. The Morgan fingerprint density at radius 3 is 2.53 bits per heavy atom. The Bertz CT molecular complexity index is 1080. The number of esters is 2. The second kappa shape index (κ2) is 9.07. The summed E-state index contributed by atoms with van der Waals surface area (Å²) in [4.78, 5) is 24.0. The van der Waals surface area contributed by atoms with Crippen LogP contribution >= 0.6 is 22.6 Å². The maximum atomic E-state index is 12.2. The molecule has 0 aliphatic carbocycles. The predicted octanol–water partition coefficient (Wildman–Crippen LogP) is 5.29. The van der Waals surface area contributed by atoms with E-state index in [1.807, 2.05) is 51.1 Å². The van der Waals surface area contributed by atoms with Crippen LogP contribution in [-0.4, -0.2) is 24.6 Å². The van der Waals surface area contributed by atoms with Crippen molar-refractivity contribution in [3.63, 3.8) is 0 Å². The lowest BCUT2D eigenvalue weighted by Crippen LogP contribution is -2.25. The molecule has 1 aromatic heterocycles. The summed E-state index contributed by atoms with van der Waals surface area (Å²) < 4.78 is 22.8. The highest BCUT2D eigenvalue weighted by molar-refractivity contribution is 14.1. The number of rotatable bonds is 6. The number of methoxy groups -OCH3 is 1. The van der Waals surface area contributed by atoms with Gasteiger partial charge >= 0.3 is 11.9 Å². The Kier molecular flexibility index (Phi) is 6.70. The van der Waals surface area contributed by atoms with Crippen LogP contribution in [0.3, 0.4) is 0 Å². The van der Waals surface area contributed by atoms with Gasteiger partial charge in [-0.2, -0.15) is 0 Å². The average molecular weight is 522 g/mol. The number of hydrogen-bond donors (Lipinski definition) is 0. The number of furan rings is 1. The molecule has 0 aliphatic heterocycles. The molecular formula is C23H23IO6. The van der Waals surface area contributed by atoms with Gasteiger partial charge in [-0.3, -0.25) is 4.79 Å². The first kappa shape index (κ1) is 22.1. The average Bonchev–Trinajstić information content (AvgIpc) is 3.08. The topological polar surface area (TPSA) is 75.0 Å². The zero-order chi connectivity index (χ0) is 21.9. The maximum absolute atomic E-state index is 12.2. The van der Waals surface area contributed by atoms with Crippen LogP contribution in [0.1, 0.15) is 42.5 Å². The van der Waals surface area contributed by atoms with E-state index in [0.29, 0.717) is 22.7 Å². The third kappa shape index (κ3) is 5.53. The summed E-state index contributed by atoms with van der Waals surface area (Å²) in [7, 11) is 1.35. The first-order chi connectivity index (χ1) is 14.2. The number of fused-ring (bicyclic) bond motifs is 1. The molecular weight excluding hydrogens is 499 g/mol. The second-order valence-corrected chi connectivity index (χ2v) is 8.90. The van der Waals surface area contributed by atoms with Gasteiger partial charge < -0.3 is 18.6 Å². The molecule has 0 spiro atoms. The molecule has 6 nitrogen and oxygen atoms in total. The van der Waals surface area contributed by atoms with E-state index in [2.05, 4.69) is 22.6 Å². The molecule has 0 radical (unpaired) electrons. The van der Waals surface area contributed by atoms with Crippen molar-refractivity contribution < 1.29 is 28.2 Å². The van der Waals surface area contributed by atoms with Gasteiger partial charge in [0.1, 0.15) is 29.3 Å². The Morgan fingerprint density at radius 1 is 1.10 bits per heavy atom. The lowest BCUT2D eigenvalue weighted by atomic mass is 10.1. The highest BCUT2D eigenvalue weighted by Gasteiger charge is 2.18. The number of hydrogen-bond acceptors (Lipinski definition) is 6. The van der Waals surface area contributed by atoms with Crippen LogP contribution in [0.2, 0.25) is 0 Å². The number of benzene rings is 2. The van der Waals surface area contributed by atoms with Crippen LogP contribution in [0.15, 0.2) is 46.9 Å². The van der Waals surface area contributed by atoms with Gasteiger partial charge in [0.2, 0.25) is 0 Å². The van der Waals surface area contributed by atoms with Crippen molar-refractivity contribution in [2.75, 3.05) is 7.11 Å². The van der Waals surface area contributed by atoms with Gasteiger partial charge in [0.25, 0.3) is 0 Å². The van der Waals surface area contributed by atoms with Gasteiger partial charge in [0, 0.05) is 10.9 Å². The molecule has 0 amide bonds. The van der Waals surface area contributed by atoms with Crippen LogP contribution in [0.4, 0.5) is 0 Å². The van der Waals surface area contributed by atoms with Crippen LogP contribution in [-0.2, 0) is 27.3 Å². The molecule has 7 heteroatoms. The van der Waals surface area contributed by atoms with Gasteiger partial charge in [-0.05, 0) is 67.6 Å². The van der Waals surface area contributed by atoms with E-state index in [1.54, 1.807) is 12.1 Å². The standard InChI is InChI=1S/C23H23IO6/c1-23(2,3)30-20(25)12-14-7-5-6-8-19(14)28-13-17-10-15-9-16(22(26)27-4)11-18(24)21(15)29-17/h5-11H,12-13H2,1-4H3. The van der Waals surface area contributed by atoms with Crippen molar-refractivity contribution >= 4 is 45.5 Å². The van der Waals surface area contributed by atoms with E-state index in [4.69, 9.17) is 18.6 Å². The summed E-state index contributed by atoms with van der Waals surface area (Å²) in [5.41, 5.74) is 1.35. The minimum atomic E-state index is -0.540. The minimum Gasteiger partial charge on any atom is -0.485 e. The molecule has 0 atom stereocenters. The lowest BCUT2D eigenvalue weighted by Gasteiger charge is -2.20. The van der Waals surface area contributed by atoms with Crippen molar-refractivity contribution in [2.45, 2.75) is 39.4 Å². The fraction of sp³-hybridized carbons (Fsp3) is 0.304. The van der Waals surface area contributed by atoms with E-state index < -0.39 is 11.6 Å². The molecule has 3 aromatic rings. The molecule has 3 rings (SSSR count). The van der Waals surface area contributed by atoms with Crippen LogP contribution in [0.5, 0.6) is 5.75 Å². The molecule has 30 heavy (non-hydrogen) atoms. The molecule has 0 bridgehead atoms. The van der Waals surface area contributed by atoms with E-state index in [0.717, 1.165) is 14.5 Å². The normalized spacial score (nSPS) is 11.4. The van der Waals surface area contributed by atoms with Crippen LogP contribution in [0, 0.1) is 3.57 Å². The van der Waals surface area contributed by atoms with Crippen molar-refractivity contribution in [2.24, 2.45) is 0 Å². The first-order valence-electron chi connectivity index (χ1n) is 9.39. The molecule has 0 unspecified atom stereocenters. The van der Waals surface area contributed by atoms with E-state index in [9.17, 15) is 9.59 Å². The zero-order valence-electron chi connectivity index (χ0n) is 17.3. The second-order valence-electron chi connectivity index (χ2n) is 7.74. The number of ether oxygens (including phenoxy) is 3. The Hall–Kier alpha value is -2.55. The fourth-order valence-electron chi connectivity index (χ4n) is 2.94. The molecule has 0 saturated carbocycles. The Balaban J connectivity index is 1.76. The van der Waals surface area contributed by atoms with Gasteiger partial charge in [-0.25, -0.2) is 4.79 Å². The number of halogens is 1. The number of para-hydroxylation sites is 1. The van der Waals surface area contributed by atoms with Gasteiger partial charge in [0.15, 0.2) is 0 Å².